The van der Waals surface area contributed by atoms with Gasteiger partial charge in [-0.05, 0) is 71.0 Å². The van der Waals surface area contributed by atoms with Gasteiger partial charge in [-0.15, -0.1) is 6.54 Å². The quantitative estimate of drug-likeness (QED) is 0.0450. The number of nitrogens with one attached hydrogen (secondary N) is 1. The summed E-state index contributed by atoms with van der Waals surface area (Å²) in [6, 6.07) is 0. The SMILES string of the molecule is CCCCCCCCCCCCCCCCCCCCCC(=O)[O-].CCCCCCCCCCCCCCCCCC[N+](C)(C)C.CCCCCCCCCCCCCCCCCC[N+](C)(C)C.CCCCCCCCCCCCCCCCCC[N+](C)(C)C.CCN(CC)CC[NH-].[Cl-]. The van der Waals surface area contributed by atoms with Crippen LogP contribution in [-0.2, 0) is 4.79 Å². The first-order valence-corrected chi connectivity index (χ1v) is 45.3. The number of unbranched alkanes of at least 4 members (excludes halogenated alkanes) is 63. The fourth-order valence-electron chi connectivity index (χ4n) is 13.4. The van der Waals surface area contributed by atoms with Crippen molar-refractivity contribution in [1.29, 1.82) is 0 Å². The molecule has 0 aromatic carbocycles. The minimum absolute atomic E-state index is 0. The average molecular weight is 1430 g/mol. The Labute approximate surface area is 636 Å². The van der Waals surface area contributed by atoms with Gasteiger partial charge in [-0.25, -0.2) is 0 Å². The van der Waals surface area contributed by atoms with Crippen LogP contribution in [0.1, 0.15) is 478 Å². The largest absolute Gasteiger partial charge is 1.00 e. The number of likely N-dealkylation sites (N-methyl/N-ethyl adjacent to an activating group) is 1. The van der Waals surface area contributed by atoms with E-state index in [0.29, 0.717) is 6.54 Å². The standard InChI is InChI=1S/C22H44O2.3C21H46N.C6H15N2.ClH/c1-2-3-4-5-6-7-8-9-10-11-12-13-14-15-16-17-18-19-20-21-22(23)24;3*1-5-6-7-8-9-10-11-12-13-14-15-16-17-18-19-20-21-22(2,3)4;1-3-8(4-2)6-5-7;/h2-21H2,1H3,(H,23,24);3*5-21H2,1-4H3;7H,3-6H2,1-2H3;1H/q;3*+1;-1;/p-2. The van der Waals surface area contributed by atoms with Gasteiger partial charge in [0.1, 0.15) is 0 Å². The lowest BCUT2D eigenvalue weighted by Gasteiger charge is -2.23. The predicted octanol–water partition coefficient (Wildman–Crippen LogP) is 25.8. The van der Waals surface area contributed by atoms with Gasteiger partial charge < -0.3 is 46.4 Å². The summed E-state index contributed by atoms with van der Waals surface area (Å²) in [5.74, 6) is -0.901. The molecule has 0 heterocycles. The summed E-state index contributed by atoms with van der Waals surface area (Å²) in [5, 5.41) is 10.3. The number of carbonyl (C=O) groups is 1. The van der Waals surface area contributed by atoms with Crippen molar-refractivity contribution in [2.45, 2.75) is 478 Å². The zero-order chi connectivity index (χ0) is 73.7. The Morgan fingerprint density at radius 2 is 0.374 bits per heavy atom. The molecule has 0 aliphatic heterocycles. The van der Waals surface area contributed by atoms with Gasteiger partial charge in [0, 0.05) is 5.97 Å². The molecule has 0 aliphatic rings. The smallest absolute Gasteiger partial charge is 0.0780 e. The lowest BCUT2D eigenvalue weighted by molar-refractivity contribution is -0.870. The molecular weight excluding hydrogens is 1230 g/mol. The number of quaternary nitrogens is 3. The zero-order valence-corrected chi connectivity index (χ0v) is 72.8. The van der Waals surface area contributed by atoms with E-state index >= 15 is 0 Å². The second-order valence-corrected chi connectivity index (χ2v) is 34.2. The predicted molar refractivity (Wildman–Crippen MR) is 447 cm³/mol. The first kappa shape index (κ1) is 109. The normalized spacial score (nSPS) is 11.5. The van der Waals surface area contributed by atoms with E-state index in [0.717, 1.165) is 45.9 Å². The summed E-state index contributed by atoms with van der Waals surface area (Å²) in [5.41, 5.74) is 6.90. The van der Waals surface area contributed by atoms with Gasteiger partial charge in [-0.2, -0.15) is 0 Å². The summed E-state index contributed by atoms with van der Waals surface area (Å²) < 4.78 is 3.37. The fourth-order valence-corrected chi connectivity index (χ4v) is 13.4. The Balaban J connectivity index is -0.000000279. The molecule has 0 aromatic rings. The maximum absolute atomic E-state index is 10.3. The van der Waals surface area contributed by atoms with Gasteiger partial charge in [0.25, 0.3) is 0 Å². The molecule has 0 radical (unpaired) electrons. The zero-order valence-electron chi connectivity index (χ0n) is 72.0. The van der Waals surface area contributed by atoms with Crippen molar-refractivity contribution in [3.8, 4) is 0 Å². The molecule has 604 valence electrons. The van der Waals surface area contributed by atoms with Gasteiger partial charge in [-0.3, -0.25) is 0 Å². The van der Waals surface area contributed by atoms with E-state index in [-0.39, 0.29) is 18.8 Å². The van der Waals surface area contributed by atoms with E-state index in [2.05, 4.69) is 110 Å². The molecule has 0 saturated carbocycles. The van der Waals surface area contributed by atoms with Crippen molar-refractivity contribution in [2.75, 3.05) is 109 Å². The third-order valence-corrected chi connectivity index (χ3v) is 20.4. The minimum atomic E-state index is -0.901. The molecule has 0 atom stereocenters. The molecule has 0 amide bonds. The van der Waals surface area contributed by atoms with Crippen LogP contribution >= 0.6 is 0 Å². The molecule has 8 heteroatoms. The van der Waals surface area contributed by atoms with Crippen molar-refractivity contribution >= 4 is 5.97 Å². The molecule has 7 nitrogen and oxygen atoms in total. The summed E-state index contributed by atoms with van der Waals surface area (Å²) in [6.45, 7) is 21.0. The topological polar surface area (TPSA) is 67.2 Å². The lowest BCUT2D eigenvalue weighted by atomic mass is 10.0. The molecule has 0 bridgehead atoms. The first-order valence-electron chi connectivity index (χ1n) is 45.3. The highest BCUT2D eigenvalue weighted by Crippen LogP contribution is 2.19. The Morgan fingerprint density at radius 3 is 0.475 bits per heavy atom. The van der Waals surface area contributed by atoms with E-state index in [4.69, 9.17) is 5.73 Å². The Kier molecular flexibility index (Phi) is 104. The highest BCUT2D eigenvalue weighted by Gasteiger charge is 2.08. The molecule has 0 unspecified atom stereocenters. The monoisotopic (exact) mass is 1430 g/mol. The van der Waals surface area contributed by atoms with E-state index in [1.165, 1.54) is 437 Å². The summed E-state index contributed by atoms with van der Waals surface area (Å²) in [7, 11) is 20.7. The van der Waals surface area contributed by atoms with Crippen LogP contribution in [-0.4, -0.2) is 134 Å². The first-order chi connectivity index (χ1) is 47.3. The highest BCUT2D eigenvalue weighted by molar-refractivity contribution is 5.64. The second kappa shape index (κ2) is 93.6. The minimum Gasteiger partial charge on any atom is -1.00 e. The summed E-state index contributed by atoms with van der Waals surface area (Å²) in [6.07, 6.45) is 95.8. The highest BCUT2D eigenvalue weighted by atomic mass is 35.5. The van der Waals surface area contributed by atoms with Gasteiger partial charge in [0.15, 0.2) is 0 Å². The van der Waals surface area contributed by atoms with Crippen LogP contribution in [0.25, 0.3) is 5.73 Å². The molecule has 0 aromatic heterocycles. The van der Waals surface area contributed by atoms with Crippen LogP contribution in [0.4, 0.5) is 0 Å². The van der Waals surface area contributed by atoms with E-state index < -0.39 is 5.97 Å². The van der Waals surface area contributed by atoms with Gasteiger partial charge >= 0.3 is 0 Å². The van der Waals surface area contributed by atoms with Gasteiger partial charge in [0.05, 0.1) is 83.1 Å². The maximum Gasteiger partial charge on any atom is 0.0780 e. The van der Waals surface area contributed by atoms with Crippen LogP contribution in [0.15, 0.2) is 0 Å². The number of carbonyl (C=O) groups excluding carboxylic acids is 1. The number of hydrogen-bond acceptors (Lipinski definition) is 3. The van der Waals surface area contributed by atoms with E-state index in [1.54, 1.807) is 0 Å². The van der Waals surface area contributed by atoms with Crippen LogP contribution in [0.5, 0.6) is 0 Å². The van der Waals surface area contributed by atoms with Crippen molar-refractivity contribution in [3.63, 3.8) is 0 Å². The number of halogens is 1. The number of nitrogens with zero attached hydrogens (tertiary/aromatic N) is 4. The van der Waals surface area contributed by atoms with E-state index in [1.807, 2.05) is 0 Å². The number of aliphatic carboxylic acids is 1. The number of hydrogen-bond donors (Lipinski definition) is 0. The molecule has 0 saturated heterocycles. The lowest BCUT2D eigenvalue weighted by Crippen LogP contribution is -3.00. The third kappa shape index (κ3) is 125. The van der Waals surface area contributed by atoms with Gasteiger partial charge in [0.2, 0.25) is 0 Å². The van der Waals surface area contributed by atoms with Crippen LogP contribution < -0.4 is 17.5 Å². The average Bonchev–Trinajstić information content (AvgIpc) is 3.66. The molecule has 0 spiro atoms. The van der Waals surface area contributed by atoms with Crippen molar-refractivity contribution in [1.82, 2.24) is 4.90 Å². The number of rotatable bonds is 75. The van der Waals surface area contributed by atoms with Gasteiger partial charge in [-0.1, -0.05) is 427 Å². The molecular formula is C91H196ClN5O2. The van der Waals surface area contributed by atoms with Crippen LogP contribution in [0.2, 0.25) is 0 Å². The number of carboxylic acids is 1. The molecule has 0 aliphatic carbocycles. The fraction of sp³-hybridized carbons (Fsp3) is 0.989. The van der Waals surface area contributed by atoms with Crippen molar-refractivity contribution in [3.05, 3.63) is 5.73 Å². The molecule has 1 N–H and O–H groups in total. The van der Waals surface area contributed by atoms with Crippen LogP contribution in [0.3, 0.4) is 0 Å². The third-order valence-electron chi connectivity index (χ3n) is 20.4. The summed E-state index contributed by atoms with van der Waals surface area (Å²) in [4.78, 5) is 12.5. The molecule has 0 rings (SSSR count). The van der Waals surface area contributed by atoms with Crippen LogP contribution in [0, 0.1) is 0 Å². The Morgan fingerprint density at radius 1 is 0.242 bits per heavy atom. The number of carboxylic acid groups (broad SMARTS) is 1. The summed E-state index contributed by atoms with van der Waals surface area (Å²) >= 11 is 0. The van der Waals surface area contributed by atoms with E-state index in [9.17, 15) is 9.90 Å². The molecule has 0 fully saturated rings. The van der Waals surface area contributed by atoms with Crippen molar-refractivity contribution < 1.29 is 35.8 Å². The second-order valence-electron chi connectivity index (χ2n) is 34.2. The molecule has 99 heavy (non-hydrogen) atoms. The Hall–Kier alpha value is -0.440. The van der Waals surface area contributed by atoms with Crippen molar-refractivity contribution in [2.24, 2.45) is 0 Å². The maximum atomic E-state index is 10.3. The Bertz CT molecular complexity index is 1270.